The highest BCUT2D eigenvalue weighted by molar-refractivity contribution is 5.97. The number of benzene rings is 2. The number of anilines is 1. The summed E-state index contributed by atoms with van der Waals surface area (Å²) in [6, 6.07) is 11.4. The molecule has 0 spiro atoms. The molecule has 0 aromatic heterocycles. The van der Waals surface area contributed by atoms with Crippen molar-refractivity contribution in [1.29, 1.82) is 0 Å². The molecular weight excluding hydrogens is 364 g/mol. The van der Waals surface area contributed by atoms with Gasteiger partial charge in [-0.2, -0.15) is 0 Å². The van der Waals surface area contributed by atoms with E-state index in [9.17, 15) is 19.7 Å². The maximum absolute atomic E-state index is 12.1. The standard InChI is InChI=1S/C19H20N4O5/c24-18(13-8-10-17(11-9-13)28-16-6-1-2-7-16)21-22-19(25)20-14-4-3-5-15(12-14)23(26)27/h3-5,8-12,16H,1-2,6-7H2,(H,21,24)(H2,20,22,25). The molecule has 146 valence electrons. The fourth-order valence-electron chi connectivity index (χ4n) is 2.93. The minimum Gasteiger partial charge on any atom is -0.490 e. The highest BCUT2D eigenvalue weighted by atomic mass is 16.6. The Morgan fingerprint density at radius 2 is 1.75 bits per heavy atom. The van der Waals surface area contributed by atoms with Gasteiger partial charge in [-0.05, 0) is 56.0 Å². The van der Waals surface area contributed by atoms with E-state index in [0.29, 0.717) is 11.3 Å². The molecule has 2 aromatic carbocycles. The van der Waals surface area contributed by atoms with Gasteiger partial charge in [0.25, 0.3) is 11.6 Å². The van der Waals surface area contributed by atoms with Crippen LogP contribution in [0.25, 0.3) is 0 Å². The predicted molar refractivity (Wildman–Crippen MR) is 102 cm³/mol. The lowest BCUT2D eigenvalue weighted by Crippen LogP contribution is -2.43. The number of non-ortho nitro benzene ring substituents is 1. The van der Waals surface area contributed by atoms with Gasteiger partial charge in [-0.1, -0.05) is 6.07 Å². The van der Waals surface area contributed by atoms with Gasteiger partial charge in [0, 0.05) is 23.4 Å². The minimum absolute atomic E-state index is 0.151. The second-order valence-corrected chi connectivity index (χ2v) is 6.39. The zero-order valence-electron chi connectivity index (χ0n) is 15.0. The lowest BCUT2D eigenvalue weighted by atomic mass is 10.2. The number of hydrazine groups is 1. The Labute approximate surface area is 161 Å². The van der Waals surface area contributed by atoms with Crippen LogP contribution in [-0.4, -0.2) is 23.0 Å². The molecule has 0 unspecified atom stereocenters. The first-order valence-electron chi connectivity index (χ1n) is 8.90. The summed E-state index contributed by atoms with van der Waals surface area (Å²) in [4.78, 5) is 34.1. The molecule has 28 heavy (non-hydrogen) atoms. The van der Waals surface area contributed by atoms with Crippen molar-refractivity contribution in [1.82, 2.24) is 10.9 Å². The third-order valence-electron chi connectivity index (χ3n) is 4.33. The summed E-state index contributed by atoms with van der Waals surface area (Å²) < 4.78 is 5.84. The first-order valence-corrected chi connectivity index (χ1v) is 8.90. The normalized spacial score (nSPS) is 13.6. The van der Waals surface area contributed by atoms with Crippen LogP contribution < -0.4 is 20.9 Å². The Kier molecular flexibility index (Phi) is 6.05. The van der Waals surface area contributed by atoms with Gasteiger partial charge < -0.3 is 10.1 Å². The molecule has 0 saturated heterocycles. The molecule has 0 heterocycles. The second-order valence-electron chi connectivity index (χ2n) is 6.39. The van der Waals surface area contributed by atoms with Crippen LogP contribution in [-0.2, 0) is 0 Å². The number of ether oxygens (including phenoxy) is 1. The largest absolute Gasteiger partial charge is 0.490 e. The fraction of sp³-hybridized carbons (Fsp3) is 0.263. The second kappa shape index (κ2) is 8.85. The van der Waals surface area contributed by atoms with E-state index in [-0.39, 0.29) is 17.5 Å². The molecule has 3 N–H and O–H groups in total. The number of amides is 3. The Balaban J connectivity index is 1.48. The first kappa shape index (κ1) is 19.2. The van der Waals surface area contributed by atoms with Gasteiger partial charge in [0.2, 0.25) is 0 Å². The van der Waals surface area contributed by atoms with Gasteiger partial charge in [-0.25, -0.2) is 10.2 Å². The molecular formula is C19H20N4O5. The number of carbonyl (C=O) groups excluding carboxylic acids is 2. The van der Waals surface area contributed by atoms with Crippen molar-refractivity contribution < 1.29 is 19.2 Å². The van der Waals surface area contributed by atoms with Crippen molar-refractivity contribution in [2.45, 2.75) is 31.8 Å². The summed E-state index contributed by atoms with van der Waals surface area (Å²) in [6.07, 6.45) is 4.68. The minimum atomic E-state index is -0.727. The van der Waals surface area contributed by atoms with Crippen molar-refractivity contribution in [3.05, 3.63) is 64.2 Å². The molecule has 0 bridgehead atoms. The lowest BCUT2D eigenvalue weighted by molar-refractivity contribution is -0.384. The molecule has 0 aliphatic heterocycles. The van der Waals surface area contributed by atoms with E-state index in [1.54, 1.807) is 24.3 Å². The van der Waals surface area contributed by atoms with E-state index < -0.39 is 16.9 Å². The predicted octanol–water partition coefficient (Wildman–Crippen LogP) is 3.38. The van der Waals surface area contributed by atoms with Crippen LogP contribution in [0.15, 0.2) is 48.5 Å². The Hall–Kier alpha value is -3.62. The SMILES string of the molecule is O=C(NNC(=O)c1ccc(OC2CCCC2)cc1)Nc1cccc([N+](=O)[O-])c1. The summed E-state index contributed by atoms with van der Waals surface area (Å²) >= 11 is 0. The van der Waals surface area contributed by atoms with Gasteiger partial charge >= 0.3 is 6.03 Å². The van der Waals surface area contributed by atoms with Crippen LogP contribution in [0.5, 0.6) is 5.75 Å². The quantitative estimate of drug-likeness (QED) is 0.539. The molecule has 3 rings (SSSR count). The fourth-order valence-corrected chi connectivity index (χ4v) is 2.93. The molecule has 1 aliphatic carbocycles. The van der Waals surface area contributed by atoms with Crippen LogP contribution in [0.3, 0.4) is 0 Å². The monoisotopic (exact) mass is 384 g/mol. The average Bonchev–Trinajstić information content (AvgIpc) is 3.20. The van der Waals surface area contributed by atoms with E-state index in [2.05, 4.69) is 16.2 Å². The van der Waals surface area contributed by atoms with Gasteiger partial charge in [-0.3, -0.25) is 20.3 Å². The van der Waals surface area contributed by atoms with E-state index in [4.69, 9.17) is 4.74 Å². The molecule has 2 aromatic rings. The number of nitrogens with zero attached hydrogens (tertiary/aromatic N) is 1. The van der Waals surface area contributed by atoms with Crippen LogP contribution >= 0.6 is 0 Å². The molecule has 1 fully saturated rings. The van der Waals surface area contributed by atoms with Crippen molar-refractivity contribution in [3.63, 3.8) is 0 Å². The molecule has 0 atom stereocenters. The molecule has 0 radical (unpaired) electrons. The number of hydrogen-bond acceptors (Lipinski definition) is 5. The van der Waals surface area contributed by atoms with Gasteiger partial charge in [0.15, 0.2) is 0 Å². The summed E-state index contributed by atoms with van der Waals surface area (Å²) in [5.74, 6) is 0.210. The number of urea groups is 1. The summed E-state index contributed by atoms with van der Waals surface area (Å²) in [6.45, 7) is 0. The van der Waals surface area contributed by atoms with E-state index in [1.807, 2.05) is 0 Å². The molecule has 9 heteroatoms. The van der Waals surface area contributed by atoms with Gasteiger partial charge in [-0.15, -0.1) is 0 Å². The van der Waals surface area contributed by atoms with E-state index >= 15 is 0 Å². The summed E-state index contributed by atoms with van der Waals surface area (Å²) in [7, 11) is 0. The highest BCUT2D eigenvalue weighted by Gasteiger charge is 2.16. The number of nitrogens with one attached hydrogen (secondary N) is 3. The van der Waals surface area contributed by atoms with Crippen molar-refractivity contribution in [2.24, 2.45) is 0 Å². The third kappa shape index (κ3) is 5.19. The zero-order chi connectivity index (χ0) is 19.9. The average molecular weight is 384 g/mol. The number of carbonyl (C=O) groups is 2. The Bertz CT molecular complexity index is 863. The van der Waals surface area contributed by atoms with Crippen molar-refractivity contribution in [3.8, 4) is 5.75 Å². The lowest BCUT2D eigenvalue weighted by Gasteiger charge is -2.13. The zero-order valence-corrected chi connectivity index (χ0v) is 15.0. The number of hydrogen-bond donors (Lipinski definition) is 3. The number of rotatable bonds is 5. The number of nitro benzene ring substituents is 1. The molecule has 1 saturated carbocycles. The Morgan fingerprint density at radius 3 is 2.43 bits per heavy atom. The third-order valence-corrected chi connectivity index (χ3v) is 4.33. The van der Waals surface area contributed by atoms with Crippen LogP contribution in [0.1, 0.15) is 36.0 Å². The summed E-state index contributed by atoms with van der Waals surface area (Å²) in [5.41, 5.74) is 4.91. The van der Waals surface area contributed by atoms with Crippen LogP contribution in [0.2, 0.25) is 0 Å². The van der Waals surface area contributed by atoms with Crippen LogP contribution in [0.4, 0.5) is 16.2 Å². The van der Waals surface area contributed by atoms with Crippen molar-refractivity contribution >= 4 is 23.3 Å². The highest BCUT2D eigenvalue weighted by Crippen LogP contribution is 2.24. The maximum atomic E-state index is 12.1. The van der Waals surface area contributed by atoms with Crippen molar-refractivity contribution in [2.75, 3.05) is 5.32 Å². The van der Waals surface area contributed by atoms with E-state index in [0.717, 1.165) is 12.8 Å². The maximum Gasteiger partial charge on any atom is 0.337 e. The first-order chi connectivity index (χ1) is 13.5. The van der Waals surface area contributed by atoms with Gasteiger partial charge in [0.1, 0.15) is 5.75 Å². The van der Waals surface area contributed by atoms with Gasteiger partial charge in [0.05, 0.1) is 11.0 Å². The summed E-state index contributed by atoms with van der Waals surface area (Å²) in [5, 5.41) is 13.1. The number of nitro groups is 1. The van der Waals surface area contributed by atoms with E-state index in [1.165, 1.54) is 37.1 Å². The smallest absolute Gasteiger partial charge is 0.337 e. The van der Waals surface area contributed by atoms with Crippen LogP contribution in [0, 0.1) is 10.1 Å². The molecule has 1 aliphatic rings. The topological polar surface area (TPSA) is 123 Å². The molecule has 9 nitrogen and oxygen atoms in total. The Morgan fingerprint density at radius 1 is 1.04 bits per heavy atom. The molecule has 3 amide bonds.